The number of carbonyl (C=O) groups is 2. The van der Waals surface area contributed by atoms with Crippen molar-refractivity contribution in [3.05, 3.63) is 53.1 Å². The number of benzene rings is 2. The average Bonchev–Trinajstić information content (AvgIpc) is 2.56. The van der Waals surface area contributed by atoms with Crippen molar-refractivity contribution in [2.24, 2.45) is 0 Å². The predicted molar refractivity (Wildman–Crippen MR) is 105 cm³/mol. The molecule has 1 aliphatic rings. The van der Waals surface area contributed by atoms with E-state index in [0.717, 1.165) is 0 Å². The molecule has 2 aromatic rings. The summed E-state index contributed by atoms with van der Waals surface area (Å²) in [6.07, 6.45) is 0.294. The van der Waals surface area contributed by atoms with Crippen LogP contribution < -0.4 is 14.8 Å². The third-order valence-corrected chi connectivity index (χ3v) is 4.50. The van der Waals surface area contributed by atoms with Crippen LogP contribution in [0.25, 0.3) is 0 Å². The van der Waals surface area contributed by atoms with Crippen LogP contribution in [0.15, 0.2) is 42.5 Å². The Hall–Kier alpha value is -2.53. The Bertz CT molecular complexity index is 888. The van der Waals surface area contributed by atoms with E-state index in [4.69, 9.17) is 21.1 Å². The van der Waals surface area contributed by atoms with Gasteiger partial charge in [0.05, 0.1) is 12.0 Å². The summed E-state index contributed by atoms with van der Waals surface area (Å²) < 4.78 is 11.6. The minimum atomic E-state index is -1.12. The fourth-order valence-electron chi connectivity index (χ4n) is 2.86. The van der Waals surface area contributed by atoms with Gasteiger partial charge < -0.3 is 14.8 Å². The van der Waals surface area contributed by atoms with E-state index < -0.39 is 11.2 Å². The Labute approximate surface area is 163 Å². The second kappa shape index (κ2) is 6.89. The maximum atomic E-state index is 12.7. The van der Waals surface area contributed by atoms with Crippen LogP contribution in [0.2, 0.25) is 5.02 Å². The zero-order valence-electron chi connectivity index (χ0n) is 15.8. The van der Waals surface area contributed by atoms with E-state index in [9.17, 15) is 9.59 Å². The molecule has 0 saturated carbocycles. The Kier molecular flexibility index (Phi) is 4.91. The molecule has 2 aromatic carbocycles. The number of anilines is 1. The standard InChI is InChI=1S/C21H22ClNO4/c1-20(2)12-17(24)16-11-14(7-10-18(16)27-20)23-19(25)21(3,4)26-15-8-5-13(22)6-9-15/h5-11H,12H2,1-4H3,(H,23,25). The molecule has 1 N–H and O–H groups in total. The molecule has 0 unspecified atom stereocenters. The number of Topliss-reactive ketones (excluding diaryl/α,β-unsaturated/α-hetero) is 1. The lowest BCUT2D eigenvalue weighted by molar-refractivity contribution is -0.128. The van der Waals surface area contributed by atoms with Crippen molar-refractivity contribution in [3.63, 3.8) is 0 Å². The van der Waals surface area contributed by atoms with Gasteiger partial charge in [-0.1, -0.05) is 11.6 Å². The molecule has 0 spiro atoms. The van der Waals surface area contributed by atoms with Crippen molar-refractivity contribution in [2.45, 2.75) is 45.3 Å². The molecule has 0 radical (unpaired) electrons. The molecule has 1 heterocycles. The van der Waals surface area contributed by atoms with E-state index in [0.29, 0.717) is 34.2 Å². The monoisotopic (exact) mass is 387 g/mol. The predicted octanol–water partition coefficient (Wildman–Crippen LogP) is 4.88. The number of rotatable bonds is 4. The maximum Gasteiger partial charge on any atom is 0.267 e. The molecule has 0 atom stereocenters. The third kappa shape index (κ3) is 4.42. The summed E-state index contributed by atoms with van der Waals surface area (Å²) in [6.45, 7) is 7.10. The molecule has 142 valence electrons. The minimum Gasteiger partial charge on any atom is -0.487 e. The second-order valence-corrected chi connectivity index (χ2v) is 8.13. The van der Waals surface area contributed by atoms with Crippen LogP contribution >= 0.6 is 11.6 Å². The van der Waals surface area contributed by atoms with Crippen LogP contribution in [0.5, 0.6) is 11.5 Å². The van der Waals surface area contributed by atoms with E-state index in [1.807, 2.05) is 13.8 Å². The van der Waals surface area contributed by atoms with Crippen molar-refractivity contribution in [2.75, 3.05) is 5.32 Å². The lowest BCUT2D eigenvalue weighted by Crippen LogP contribution is -2.42. The molecular weight excluding hydrogens is 366 g/mol. The number of fused-ring (bicyclic) bond motifs is 1. The highest BCUT2D eigenvalue weighted by Gasteiger charge is 2.34. The highest BCUT2D eigenvalue weighted by molar-refractivity contribution is 6.30. The smallest absolute Gasteiger partial charge is 0.267 e. The van der Waals surface area contributed by atoms with Crippen molar-refractivity contribution in [3.8, 4) is 11.5 Å². The molecule has 0 fully saturated rings. The molecule has 1 aliphatic heterocycles. The summed E-state index contributed by atoms with van der Waals surface area (Å²) >= 11 is 5.87. The third-order valence-electron chi connectivity index (χ3n) is 4.24. The lowest BCUT2D eigenvalue weighted by Gasteiger charge is -2.32. The Morgan fingerprint density at radius 1 is 1.19 bits per heavy atom. The normalized spacial score (nSPS) is 15.5. The lowest BCUT2D eigenvalue weighted by atomic mass is 9.93. The minimum absolute atomic E-state index is 0.00553. The molecule has 5 nitrogen and oxygen atoms in total. The maximum absolute atomic E-state index is 12.7. The summed E-state index contributed by atoms with van der Waals surface area (Å²) in [5, 5.41) is 3.40. The van der Waals surface area contributed by atoms with Gasteiger partial charge in [-0.3, -0.25) is 9.59 Å². The van der Waals surface area contributed by atoms with Crippen LogP contribution in [-0.4, -0.2) is 22.9 Å². The zero-order chi connectivity index (χ0) is 19.8. The molecule has 0 bridgehead atoms. The van der Waals surface area contributed by atoms with Crippen molar-refractivity contribution < 1.29 is 19.1 Å². The largest absolute Gasteiger partial charge is 0.487 e. The van der Waals surface area contributed by atoms with Crippen molar-refractivity contribution >= 4 is 29.0 Å². The SMILES string of the molecule is CC1(C)CC(=O)c2cc(NC(=O)C(C)(C)Oc3ccc(Cl)cc3)ccc2O1. The van der Waals surface area contributed by atoms with E-state index in [-0.39, 0.29) is 11.7 Å². The first-order chi connectivity index (χ1) is 12.6. The molecule has 27 heavy (non-hydrogen) atoms. The van der Waals surface area contributed by atoms with Crippen LogP contribution in [0.3, 0.4) is 0 Å². The molecule has 0 aliphatic carbocycles. The zero-order valence-corrected chi connectivity index (χ0v) is 16.5. The van der Waals surface area contributed by atoms with Gasteiger partial charge in [0.1, 0.15) is 17.1 Å². The van der Waals surface area contributed by atoms with Gasteiger partial charge in [0.25, 0.3) is 5.91 Å². The number of hydrogen-bond acceptors (Lipinski definition) is 4. The Balaban J connectivity index is 1.75. The summed E-state index contributed by atoms with van der Waals surface area (Å²) in [5.41, 5.74) is -0.651. The molecule has 3 rings (SSSR count). The van der Waals surface area contributed by atoms with E-state index in [1.165, 1.54) is 0 Å². The van der Waals surface area contributed by atoms with Gasteiger partial charge in [0.2, 0.25) is 0 Å². The molecule has 0 saturated heterocycles. The second-order valence-electron chi connectivity index (χ2n) is 7.69. The van der Waals surface area contributed by atoms with Crippen LogP contribution in [0.1, 0.15) is 44.5 Å². The summed E-state index contributed by atoms with van der Waals surface area (Å²) in [4.78, 5) is 25.1. The summed E-state index contributed by atoms with van der Waals surface area (Å²) in [6, 6.07) is 11.9. The molecule has 0 aromatic heterocycles. The number of halogens is 1. The number of ketones is 1. The van der Waals surface area contributed by atoms with Crippen molar-refractivity contribution in [1.29, 1.82) is 0 Å². The molecular formula is C21H22ClNO4. The quantitative estimate of drug-likeness (QED) is 0.812. The number of nitrogens with one attached hydrogen (secondary N) is 1. The highest BCUT2D eigenvalue weighted by atomic mass is 35.5. The van der Waals surface area contributed by atoms with Gasteiger partial charge in [-0.2, -0.15) is 0 Å². The summed E-state index contributed by atoms with van der Waals surface area (Å²) in [5.74, 6) is 0.734. The van der Waals surface area contributed by atoms with Crippen molar-refractivity contribution in [1.82, 2.24) is 0 Å². The fourth-order valence-corrected chi connectivity index (χ4v) is 2.98. The number of carbonyl (C=O) groups excluding carboxylic acids is 2. The Morgan fingerprint density at radius 2 is 1.85 bits per heavy atom. The van der Waals surface area contributed by atoms with Gasteiger partial charge in [-0.25, -0.2) is 0 Å². The first kappa shape index (κ1) is 19.2. The van der Waals surface area contributed by atoms with Gasteiger partial charge in [-0.05, 0) is 70.2 Å². The van der Waals surface area contributed by atoms with E-state index >= 15 is 0 Å². The number of hydrogen-bond donors (Lipinski definition) is 1. The van der Waals surface area contributed by atoms with Crippen LogP contribution in [0, 0.1) is 0 Å². The van der Waals surface area contributed by atoms with Gasteiger partial charge in [0.15, 0.2) is 11.4 Å². The average molecular weight is 388 g/mol. The van der Waals surface area contributed by atoms with Crippen LogP contribution in [0.4, 0.5) is 5.69 Å². The topological polar surface area (TPSA) is 64.6 Å². The van der Waals surface area contributed by atoms with E-state index in [1.54, 1.807) is 56.3 Å². The van der Waals surface area contributed by atoms with Gasteiger partial charge >= 0.3 is 0 Å². The van der Waals surface area contributed by atoms with Gasteiger partial charge in [-0.15, -0.1) is 0 Å². The van der Waals surface area contributed by atoms with E-state index in [2.05, 4.69) is 5.32 Å². The Morgan fingerprint density at radius 3 is 2.52 bits per heavy atom. The highest BCUT2D eigenvalue weighted by Crippen LogP contribution is 2.34. The molecule has 6 heteroatoms. The summed E-state index contributed by atoms with van der Waals surface area (Å²) in [7, 11) is 0. The van der Waals surface area contributed by atoms with Crippen LogP contribution in [-0.2, 0) is 4.79 Å². The van der Waals surface area contributed by atoms with Gasteiger partial charge in [0, 0.05) is 10.7 Å². The fraction of sp³-hybridized carbons (Fsp3) is 0.333. The first-order valence-corrected chi connectivity index (χ1v) is 9.06. The first-order valence-electron chi connectivity index (χ1n) is 8.68. The number of ether oxygens (including phenoxy) is 2. The number of amides is 1. The molecule has 1 amide bonds.